The highest BCUT2D eigenvalue weighted by Crippen LogP contribution is 2.28. The minimum Gasteiger partial charge on any atom is -0.308 e. The van der Waals surface area contributed by atoms with Crippen molar-refractivity contribution in [3.63, 3.8) is 0 Å². The Balaban J connectivity index is 1.60. The van der Waals surface area contributed by atoms with Crippen molar-refractivity contribution in [1.29, 1.82) is 0 Å². The normalized spacial score (nSPS) is 16.8. The third-order valence-electron chi connectivity index (χ3n) is 4.06. The van der Waals surface area contributed by atoms with Crippen molar-refractivity contribution in [2.45, 2.75) is 51.1 Å². The molecule has 2 nitrogen and oxygen atoms in total. The van der Waals surface area contributed by atoms with E-state index in [2.05, 4.69) is 16.4 Å². The Labute approximate surface area is 135 Å². The summed E-state index contributed by atoms with van der Waals surface area (Å²) in [5, 5.41) is 5.61. The summed E-state index contributed by atoms with van der Waals surface area (Å²) in [6, 6.07) is 8.65. The third kappa shape index (κ3) is 4.29. The van der Waals surface area contributed by atoms with Gasteiger partial charge < -0.3 is 5.32 Å². The first-order chi connectivity index (χ1) is 10.3. The topological polar surface area (TPSA) is 24.9 Å². The standard InChI is InChI=1S/C17H21ClN2S/c18-14-7-5-6-13(10-14)16-11-20-17(21-16)12-19-15-8-3-1-2-4-9-15/h5-7,10-11,15,19H,1-4,8-9,12H2. The number of nitrogens with zero attached hydrogens (tertiary/aromatic N) is 1. The van der Waals surface area contributed by atoms with Gasteiger partial charge in [0.2, 0.25) is 0 Å². The molecule has 21 heavy (non-hydrogen) atoms. The molecule has 1 aromatic carbocycles. The quantitative estimate of drug-likeness (QED) is 0.776. The summed E-state index contributed by atoms with van der Waals surface area (Å²) in [7, 11) is 0. The maximum atomic E-state index is 6.05. The highest BCUT2D eigenvalue weighted by Gasteiger charge is 2.12. The molecule has 1 heterocycles. The van der Waals surface area contributed by atoms with Crippen molar-refractivity contribution in [3.8, 4) is 10.4 Å². The maximum Gasteiger partial charge on any atom is 0.107 e. The van der Waals surface area contributed by atoms with Gasteiger partial charge in [0.15, 0.2) is 0 Å². The van der Waals surface area contributed by atoms with Gasteiger partial charge in [-0.2, -0.15) is 0 Å². The highest BCUT2D eigenvalue weighted by molar-refractivity contribution is 7.15. The van der Waals surface area contributed by atoms with Crippen LogP contribution in [0.5, 0.6) is 0 Å². The van der Waals surface area contributed by atoms with Crippen molar-refractivity contribution in [1.82, 2.24) is 10.3 Å². The number of benzene rings is 1. The van der Waals surface area contributed by atoms with Crippen molar-refractivity contribution in [3.05, 3.63) is 40.5 Å². The predicted octanol–water partition coefficient (Wildman–Crippen LogP) is 5.28. The predicted molar refractivity (Wildman–Crippen MR) is 90.9 cm³/mol. The van der Waals surface area contributed by atoms with E-state index in [1.54, 1.807) is 11.3 Å². The van der Waals surface area contributed by atoms with Crippen LogP contribution in [0.2, 0.25) is 5.02 Å². The van der Waals surface area contributed by atoms with Crippen LogP contribution in [0.4, 0.5) is 0 Å². The lowest BCUT2D eigenvalue weighted by atomic mass is 10.1. The molecule has 0 bridgehead atoms. The van der Waals surface area contributed by atoms with E-state index in [0.717, 1.165) is 22.1 Å². The fraction of sp³-hybridized carbons (Fsp3) is 0.471. The van der Waals surface area contributed by atoms with Crippen molar-refractivity contribution in [2.24, 2.45) is 0 Å². The minimum atomic E-state index is 0.672. The van der Waals surface area contributed by atoms with E-state index in [1.807, 2.05) is 24.4 Å². The lowest BCUT2D eigenvalue weighted by Gasteiger charge is -2.14. The van der Waals surface area contributed by atoms with Crippen LogP contribution in [0.3, 0.4) is 0 Å². The Bertz CT molecular complexity index is 574. The molecule has 0 saturated heterocycles. The summed E-state index contributed by atoms with van der Waals surface area (Å²) in [6.45, 7) is 0.885. The van der Waals surface area contributed by atoms with E-state index >= 15 is 0 Å². The number of aromatic nitrogens is 1. The summed E-state index contributed by atoms with van der Waals surface area (Å²) in [5.41, 5.74) is 1.15. The zero-order chi connectivity index (χ0) is 14.5. The molecule has 3 rings (SSSR count). The molecule has 0 aliphatic heterocycles. The largest absolute Gasteiger partial charge is 0.308 e. The number of hydrogen-bond acceptors (Lipinski definition) is 3. The smallest absolute Gasteiger partial charge is 0.107 e. The molecular formula is C17H21ClN2S. The van der Waals surface area contributed by atoms with Crippen molar-refractivity contribution in [2.75, 3.05) is 0 Å². The molecule has 1 aliphatic rings. The average Bonchev–Trinajstić information content (AvgIpc) is 2.81. The molecule has 2 aromatic rings. The summed E-state index contributed by atoms with van der Waals surface area (Å²) in [5.74, 6) is 0. The zero-order valence-corrected chi connectivity index (χ0v) is 13.7. The Hall–Kier alpha value is -0.900. The van der Waals surface area contributed by atoms with Gasteiger partial charge >= 0.3 is 0 Å². The lowest BCUT2D eigenvalue weighted by molar-refractivity contribution is 0.458. The van der Waals surface area contributed by atoms with E-state index in [4.69, 9.17) is 11.6 Å². The van der Waals surface area contributed by atoms with Crippen LogP contribution in [-0.4, -0.2) is 11.0 Å². The number of thiazole rings is 1. The Morgan fingerprint density at radius 3 is 2.76 bits per heavy atom. The van der Waals surface area contributed by atoms with Gasteiger partial charge in [0.25, 0.3) is 0 Å². The molecule has 1 fully saturated rings. The van der Waals surface area contributed by atoms with Crippen LogP contribution >= 0.6 is 22.9 Å². The summed E-state index contributed by atoms with van der Waals surface area (Å²) >= 11 is 7.81. The van der Waals surface area contributed by atoms with Gasteiger partial charge in [-0.1, -0.05) is 49.4 Å². The highest BCUT2D eigenvalue weighted by atomic mass is 35.5. The lowest BCUT2D eigenvalue weighted by Crippen LogP contribution is -2.27. The van der Waals surface area contributed by atoms with Gasteiger partial charge in [-0.05, 0) is 30.5 Å². The summed E-state index contributed by atoms with van der Waals surface area (Å²) < 4.78 is 0. The fourth-order valence-electron chi connectivity index (χ4n) is 2.88. The third-order valence-corrected chi connectivity index (χ3v) is 5.34. The van der Waals surface area contributed by atoms with Crippen LogP contribution in [0.1, 0.15) is 43.5 Å². The Kier molecular flexibility index (Phi) is 5.28. The zero-order valence-electron chi connectivity index (χ0n) is 12.1. The second-order valence-corrected chi connectivity index (χ2v) is 7.25. The number of rotatable bonds is 4. The van der Waals surface area contributed by atoms with Crippen molar-refractivity contribution >= 4 is 22.9 Å². The van der Waals surface area contributed by atoms with E-state index < -0.39 is 0 Å². The molecule has 1 aliphatic carbocycles. The van der Waals surface area contributed by atoms with Gasteiger partial charge in [-0.25, -0.2) is 4.98 Å². The van der Waals surface area contributed by atoms with Crippen LogP contribution < -0.4 is 5.32 Å². The molecule has 0 spiro atoms. The average molecular weight is 321 g/mol. The number of nitrogens with one attached hydrogen (secondary N) is 1. The fourth-order valence-corrected chi connectivity index (χ4v) is 3.94. The monoisotopic (exact) mass is 320 g/mol. The summed E-state index contributed by atoms with van der Waals surface area (Å²) in [6.07, 6.45) is 10.1. The first-order valence-electron chi connectivity index (χ1n) is 7.75. The number of hydrogen-bond donors (Lipinski definition) is 1. The molecule has 0 radical (unpaired) electrons. The van der Waals surface area contributed by atoms with Crippen LogP contribution in [0, 0.1) is 0 Å². The molecule has 1 aromatic heterocycles. The SMILES string of the molecule is Clc1cccc(-c2cnc(CNC3CCCCCC3)s2)c1. The molecule has 0 unspecified atom stereocenters. The Morgan fingerprint density at radius 2 is 2.00 bits per heavy atom. The van der Waals surface area contributed by atoms with Crippen LogP contribution in [0.15, 0.2) is 30.5 Å². The van der Waals surface area contributed by atoms with Gasteiger partial charge in [-0.3, -0.25) is 0 Å². The van der Waals surface area contributed by atoms with E-state index in [-0.39, 0.29) is 0 Å². The second kappa shape index (κ2) is 7.39. The molecule has 1 saturated carbocycles. The first kappa shape index (κ1) is 15.0. The first-order valence-corrected chi connectivity index (χ1v) is 8.95. The summed E-state index contributed by atoms with van der Waals surface area (Å²) in [4.78, 5) is 5.73. The maximum absolute atomic E-state index is 6.05. The van der Waals surface area contributed by atoms with E-state index in [1.165, 1.54) is 43.4 Å². The Morgan fingerprint density at radius 1 is 1.19 bits per heavy atom. The minimum absolute atomic E-state index is 0.672. The van der Waals surface area contributed by atoms with Gasteiger partial charge in [0.1, 0.15) is 5.01 Å². The van der Waals surface area contributed by atoms with Gasteiger partial charge in [0, 0.05) is 23.8 Å². The van der Waals surface area contributed by atoms with Crippen LogP contribution in [0.25, 0.3) is 10.4 Å². The van der Waals surface area contributed by atoms with Crippen LogP contribution in [-0.2, 0) is 6.54 Å². The van der Waals surface area contributed by atoms with Crippen molar-refractivity contribution < 1.29 is 0 Å². The van der Waals surface area contributed by atoms with E-state index in [9.17, 15) is 0 Å². The molecule has 0 amide bonds. The molecule has 4 heteroatoms. The van der Waals surface area contributed by atoms with Gasteiger partial charge in [-0.15, -0.1) is 11.3 Å². The molecular weight excluding hydrogens is 300 g/mol. The van der Waals surface area contributed by atoms with Gasteiger partial charge in [0.05, 0.1) is 4.88 Å². The second-order valence-electron chi connectivity index (χ2n) is 5.70. The molecule has 1 N–H and O–H groups in total. The van der Waals surface area contributed by atoms with E-state index in [0.29, 0.717) is 6.04 Å². The molecule has 112 valence electrons. The molecule has 0 atom stereocenters. The number of halogens is 1.